The van der Waals surface area contributed by atoms with Gasteiger partial charge in [0.15, 0.2) is 11.5 Å². The Balaban J connectivity index is 2.25. The van der Waals surface area contributed by atoms with Crippen molar-refractivity contribution in [3.05, 3.63) is 23.8 Å². The molecule has 1 saturated carbocycles. The Labute approximate surface area is 120 Å². The van der Waals surface area contributed by atoms with E-state index in [2.05, 4.69) is 0 Å². The van der Waals surface area contributed by atoms with E-state index < -0.39 is 5.67 Å². The van der Waals surface area contributed by atoms with E-state index in [-0.39, 0.29) is 6.04 Å². The van der Waals surface area contributed by atoms with Crippen molar-refractivity contribution in [1.82, 2.24) is 0 Å². The molecule has 1 aromatic carbocycles. The van der Waals surface area contributed by atoms with Crippen molar-refractivity contribution in [3.8, 4) is 11.5 Å². The van der Waals surface area contributed by atoms with Crippen molar-refractivity contribution in [2.45, 2.75) is 51.2 Å². The first-order valence-corrected chi connectivity index (χ1v) is 7.43. The van der Waals surface area contributed by atoms with Crippen LogP contribution in [0.15, 0.2) is 18.2 Å². The number of benzene rings is 1. The van der Waals surface area contributed by atoms with Crippen molar-refractivity contribution in [2.24, 2.45) is 5.73 Å². The lowest BCUT2D eigenvalue weighted by atomic mass is 9.79. The third kappa shape index (κ3) is 3.23. The summed E-state index contributed by atoms with van der Waals surface area (Å²) in [4.78, 5) is 0. The zero-order valence-corrected chi connectivity index (χ0v) is 12.3. The maximum Gasteiger partial charge on any atom is 0.161 e. The Kier molecular flexibility index (Phi) is 4.86. The predicted octanol–water partition coefficient (Wildman–Crippen LogP) is 3.55. The number of halogens is 1. The van der Waals surface area contributed by atoms with E-state index in [1.807, 2.05) is 19.9 Å². The van der Waals surface area contributed by atoms with Crippen LogP contribution in [0.2, 0.25) is 0 Å². The van der Waals surface area contributed by atoms with Crippen molar-refractivity contribution in [3.63, 3.8) is 0 Å². The van der Waals surface area contributed by atoms with Gasteiger partial charge in [0.05, 0.1) is 13.2 Å². The number of alkyl halides is 1. The summed E-state index contributed by atoms with van der Waals surface area (Å²) in [5.74, 6) is 1.30. The van der Waals surface area contributed by atoms with Gasteiger partial charge in [-0.25, -0.2) is 4.39 Å². The molecule has 1 aliphatic carbocycles. The molecule has 2 N–H and O–H groups in total. The van der Waals surface area contributed by atoms with E-state index in [4.69, 9.17) is 15.2 Å². The zero-order chi connectivity index (χ0) is 14.6. The second-order valence-corrected chi connectivity index (χ2v) is 5.33. The van der Waals surface area contributed by atoms with Gasteiger partial charge in [-0.2, -0.15) is 0 Å². The maximum atomic E-state index is 15.1. The summed E-state index contributed by atoms with van der Waals surface area (Å²) in [5.41, 5.74) is 5.26. The molecule has 1 aliphatic rings. The van der Waals surface area contributed by atoms with Crippen LogP contribution in [0.25, 0.3) is 0 Å². The fourth-order valence-corrected chi connectivity index (χ4v) is 2.72. The first-order chi connectivity index (χ1) is 9.59. The fraction of sp³-hybridized carbons (Fsp3) is 0.625. The molecule has 0 aromatic heterocycles. The Hall–Kier alpha value is -1.29. The lowest BCUT2D eigenvalue weighted by Crippen LogP contribution is -2.33. The Morgan fingerprint density at radius 1 is 1.15 bits per heavy atom. The van der Waals surface area contributed by atoms with Gasteiger partial charge in [0.2, 0.25) is 0 Å². The van der Waals surface area contributed by atoms with Gasteiger partial charge in [-0.1, -0.05) is 6.07 Å². The van der Waals surface area contributed by atoms with Crippen LogP contribution in [0.4, 0.5) is 4.39 Å². The molecule has 3 nitrogen and oxygen atoms in total. The average molecular weight is 281 g/mol. The SMILES string of the molecule is CCOc1ccc(C2(F)CCC(N)CC2)cc1OCC. The standard InChI is InChI=1S/C16H24FNO2/c1-3-19-14-6-5-12(11-15(14)20-4-2)16(17)9-7-13(18)8-10-16/h5-6,11,13H,3-4,7-10,18H2,1-2H3. The monoisotopic (exact) mass is 281 g/mol. The summed E-state index contributed by atoms with van der Waals surface area (Å²) in [7, 11) is 0. The van der Waals surface area contributed by atoms with Crippen molar-refractivity contribution in [1.29, 1.82) is 0 Å². The number of nitrogens with two attached hydrogens (primary N) is 1. The summed E-state index contributed by atoms with van der Waals surface area (Å²) < 4.78 is 26.1. The minimum Gasteiger partial charge on any atom is -0.490 e. The lowest BCUT2D eigenvalue weighted by molar-refractivity contribution is 0.0974. The van der Waals surface area contributed by atoms with Gasteiger partial charge in [-0.3, -0.25) is 0 Å². The van der Waals surface area contributed by atoms with Gasteiger partial charge in [-0.05, 0) is 57.2 Å². The highest BCUT2D eigenvalue weighted by atomic mass is 19.1. The van der Waals surface area contributed by atoms with Crippen LogP contribution in [0.5, 0.6) is 11.5 Å². The van der Waals surface area contributed by atoms with Gasteiger partial charge in [0.25, 0.3) is 0 Å². The summed E-state index contributed by atoms with van der Waals surface area (Å²) in [5, 5.41) is 0. The van der Waals surface area contributed by atoms with Crippen LogP contribution in [-0.2, 0) is 5.67 Å². The molecule has 0 aliphatic heterocycles. The van der Waals surface area contributed by atoms with E-state index in [1.54, 1.807) is 12.1 Å². The van der Waals surface area contributed by atoms with Gasteiger partial charge in [-0.15, -0.1) is 0 Å². The highest BCUT2D eigenvalue weighted by Crippen LogP contribution is 2.43. The summed E-state index contributed by atoms with van der Waals surface area (Å²) in [6.45, 7) is 4.93. The second-order valence-electron chi connectivity index (χ2n) is 5.33. The Morgan fingerprint density at radius 2 is 1.75 bits per heavy atom. The Bertz CT molecular complexity index is 442. The lowest BCUT2D eigenvalue weighted by Gasteiger charge is -2.33. The zero-order valence-electron chi connectivity index (χ0n) is 12.3. The van der Waals surface area contributed by atoms with Crippen LogP contribution < -0.4 is 15.2 Å². The maximum absolute atomic E-state index is 15.1. The third-order valence-corrected chi connectivity index (χ3v) is 3.88. The molecule has 1 aromatic rings. The molecule has 0 spiro atoms. The molecule has 0 bridgehead atoms. The van der Waals surface area contributed by atoms with Crippen molar-refractivity contribution in [2.75, 3.05) is 13.2 Å². The van der Waals surface area contributed by atoms with Crippen molar-refractivity contribution >= 4 is 0 Å². The number of ether oxygens (including phenoxy) is 2. The molecule has 0 heterocycles. The number of rotatable bonds is 5. The van der Waals surface area contributed by atoms with Gasteiger partial charge in [0, 0.05) is 6.04 Å². The topological polar surface area (TPSA) is 44.5 Å². The van der Waals surface area contributed by atoms with Crippen molar-refractivity contribution < 1.29 is 13.9 Å². The molecular formula is C16H24FNO2. The Morgan fingerprint density at radius 3 is 2.35 bits per heavy atom. The normalized spacial score (nSPS) is 26.3. The molecule has 0 radical (unpaired) electrons. The fourth-order valence-electron chi connectivity index (χ4n) is 2.72. The largest absolute Gasteiger partial charge is 0.490 e. The third-order valence-electron chi connectivity index (χ3n) is 3.88. The molecule has 0 saturated heterocycles. The van der Waals surface area contributed by atoms with Crippen LogP contribution in [0.1, 0.15) is 45.1 Å². The minimum atomic E-state index is -1.29. The number of hydrogen-bond acceptors (Lipinski definition) is 3. The summed E-state index contributed by atoms with van der Waals surface area (Å²) in [6.07, 6.45) is 2.42. The van der Waals surface area contributed by atoms with Gasteiger partial charge < -0.3 is 15.2 Å². The van der Waals surface area contributed by atoms with Crippen LogP contribution in [0.3, 0.4) is 0 Å². The quantitative estimate of drug-likeness (QED) is 0.897. The molecule has 0 amide bonds. The molecule has 2 rings (SSSR count). The predicted molar refractivity (Wildman–Crippen MR) is 78.0 cm³/mol. The highest BCUT2D eigenvalue weighted by molar-refractivity contribution is 5.45. The van der Waals surface area contributed by atoms with Gasteiger partial charge >= 0.3 is 0 Å². The molecule has 0 unspecified atom stereocenters. The van der Waals surface area contributed by atoms with E-state index in [9.17, 15) is 0 Å². The van der Waals surface area contributed by atoms with E-state index in [0.29, 0.717) is 43.1 Å². The van der Waals surface area contributed by atoms with Crippen LogP contribution in [-0.4, -0.2) is 19.3 Å². The number of hydrogen-bond donors (Lipinski definition) is 1. The summed E-state index contributed by atoms with van der Waals surface area (Å²) >= 11 is 0. The molecule has 112 valence electrons. The average Bonchev–Trinajstić information content (AvgIpc) is 2.45. The van der Waals surface area contributed by atoms with Crippen LogP contribution in [0, 0.1) is 0 Å². The van der Waals surface area contributed by atoms with E-state index in [1.165, 1.54) is 0 Å². The molecule has 20 heavy (non-hydrogen) atoms. The second kappa shape index (κ2) is 6.44. The van der Waals surface area contributed by atoms with Crippen LogP contribution >= 0.6 is 0 Å². The molecule has 1 fully saturated rings. The minimum absolute atomic E-state index is 0.132. The van der Waals surface area contributed by atoms with Gasteiger partial charge in [0.1, 0.15) is 5.67 Å². The van der Waals surface area contributed by atoms with E-state index >= 15 is 4.39 Å². The summed E-state index contributed by atoms with van der Waals surface area (Å²) in [6, 6.07) is 5.53. The molecule has 0 atom stereocenters. The van der Waals surface area contributed by atoms with E-state index in [0.717, 1.165) is 12.8 Å². The first kappa shape index (κ1) is 15.1. The smallest absolute Gasteiger partial charge is 0.161 e. The highest BCUT2D eigenvalue weighted by Gasteiger charge is 2.36. The molecule has 4 heteroatoms. The molecular weight excluding hydrogens is 257 g/mol. The first-order valence-electron chi connectivity index (χ1n) is 7.43.